The molecule has 16 heavy (non-hydrogen) atoms. The molecule has 94 valence electrons. The van der Waals surface area contributed by atoms with Gasteiger partial charge in [0.1, 0.15) is 0 Å². The summed E-state index contributed by atoms with van der Waals surface area (Å²) >= 11 is 0. The molecule has 3 nitrogen and oxygen atoms in total. The molecule has 1 unspecified atom stereocenters. The van der Waals surface area contributed by atoms with Crippen LogP contribution in [0.2, 0.25) is 0 Å². The third kappa shape index (κ3) is 3.39. The first-order valence-electron chi connectivity index (χ1n) is 6.76. The van der Waals surface area contributed by atoms with Gasteiger partial charge in [0.05, 0.1) is 0 Å². The number of urea groups is 1. The molecule has 0 bridgehead atoms. The average Bonchev–Trinajstić information content (AvgIpc) is 2.62. The molecule has 1 aliphatic heterocycles. The third-order valence-electron chi connectivity index (χ3n) is 3.38. The zero-order chi connectivity index (χ0) is 12.0. The molecule has 0 aromatic heterocycles. The lowest BCUT2D eigenvalue weighted by atomic mass is 10.1. The van der Waals surface area contributed by atoms with E-state index in [1.807, 2.05) is 9.80 Å². The molecule has 1 fully saturated rings. The van der Waals surface area contributed by atoms with Crippen molar-refractivity contribution in [2.75, 3.05) is 19.6 Å². The van der Waals surface area contributed by atoms with E-state index in [9.17, 15) is 4.79 Å². The van der Waals surface area contributed by atoms with E-state index in [2.05, 4.69) is 20.8 Å². The minimum Gasteiger partial charge on any atom is -0.323 e. The fourth-order valence-corrected chi connectivity index (χ4v) is 2.33. The van der Waals surface area contributed by atoms with Gasteiger partial charge in [0, 0.05) is 25.7 Å². The Bertz CT molecular complexity index is 218. The normalized spacial score (nSPS) is 18.3. The summed E-state index contributed by atoms with van der Waals surface area (Å²) < 4.78 is 0. The molecule has 0 aromatic carbocycles. The summed E-state index contributed by atoms with van der Waals surface area (Å²) in [5.41, 5.74) is 0. The summed E-state index contributed by atoms with van der Waals surface area (Å²) in [6, 6.07) is 0.673. The second kappa shape index (κ2) is 6.77. The van der Waals surface area contributed by atoms with Crippen molar-refractivity contribution in [1.82, 2.24) is 9.80 Å². The first-order valence-corrected chi connectivity index (χ1v) is 6.76. The van der Waals surface area contributed by atoms with Gasteiger partial charge in [-0.05, 0) is 19.8 Å². The van der Waals surface area contributed by atoms with Gasteiger partial charge in [-0.3, -0.25) is 0 Å². The van der Waals surface area contributed by atoms with E-state index in [4.69, 9.17) is 0 Å². The molecule has 1 heterocycles. The van der Waals surface area contributed by atoms with Crippen LogP contribution in [0, 0.1) is 0 Å². The molecule has 1 rings (SSSR count). The number of nitrogens with zero attached hydrogens (tertiary/aromatic N) is 2. The van der Waals surface area contributed by atoms with E-state index in [1.165, 1.54) is 19.3 Å². The SMILES string of the molecule is CCCCCC(C)N1CCN(CCC)C1=O. The van der Waals surface area contributed by atoms with Crippen molar-refractivity contribution < 1.29 is 4.79 Å². The highest BCUT2D eigenvalue weighted by atomic mass is 16.2. The third-order valence-corrected chi connectivity index (χ3v) is 3.38. The Kier molecular flexibility index (Phi) is 5.64. The first kappa shape index (κ1) is 13.3. The van der Waals surface area contributed by atoms with Crippen LogP contribution in [0.25, 0.3) is 0 Å². The van der Waals surface area contributed by atoms with Crippen molar-refractivity contribution in [3.63, 3.8) is 0 Å². The molecule has 0 saturated carbocycles. The van der Waals surface area contributed by atoms with Crippen molar-refractivity contribution in [1.29, 1.82) is 0 Å². The largest absolute Gasteiger partial charge is 0.323 e. The quantitative estimate of drug-likeness (QED) is 0.612. The number of unbranched alkanes of at least 4 members (excludes halogenated alkanes) is 2. The second-order valence-electron chi connectivity index (χ2n) is 4.81. The molecular formula is C13H26N2O. The number of hydrogen-bond donors (Lipinski definition) is 0. The van der Waals surface area contributed by atoms with Crippen LogP contribution in [0.15, 0.2) is 0 Å². The Morgan fingerprint density at radius 1 is 1.19 bits per heavy atom. The molecule has 2 amide bonds. The highest BCUT2D eigenvalue weighted by Crippen LogP contribution is 2.16. The van der Waals surface area contributed by atoms with Crippen molar-refractivity contribution in [2.24, 2.45) is 0 Å². The van der Waals surface area contributed by atoms with Crippen LogP contribution in [-0.4, -0.2) is 41.5 Å². The predicted molar refractivity (Wildman–Crippen MR) is 67.6 cm³/mol. The van der Waals surface area contributed by atoms with Crippen LogP contribution in [0.3, 0.4) is 0 Å². The highest BCUT2D eigenvalue weighted by Gasteiger charge is 2.30. The van der Waals surface area contributed by atoms with Crippen molar-refractivity contribution in [3.05, 3.63) is 0 Å². The minimum absolute atomic E-state index is 0.255. The van der Waals surface area contributed by atoms with Gasteiger partial charge in [-0.15, -0.1) is 0 Å². The number of carbonyl (C=O) groups is 1. The summed E-state index contributed by atoms with van der Waals surface area (Å²) in [7, 11) is 0. The van der Waals surface area contributed by atoms with Gasteiger partial charge in [0.15, 0.2) is 0 Å². The Labute approximate surface area is 99.8 Å². The number of rotatable bonds is 7. The average molecular weight is 226 g/mol. The van der Waals surface area contributed by atoms with E-state index in [1.54, 1.807) is 0 Å². The fraction of sp³-hybridized carbons (Fsp3) is 0.923. The van der Waals surface area contributed by atoms with Crippen molar-refractivity contribution in [3.8, 4) is 0 Å². The molecule has 0 N–H and O–H groups in total. The fourth-order valence-electron chi connectivity index (χ4n) is 2.33. The summed E-state index contributed by atoms with van der Waals surface area (Å²) in [6.45, 7) is 9.28. The van der Waals surface area contributed by atoms with E-state index in [0.29, 0.717) is 6.04 Å². The van der Waals surface area contributed by atoms with Crippen LogP contribution < -0.4 is 0 Å². The predicted octanol–water partition coefficient (Wildman–Crippen LogP) is 3.10. The lowest BCUT2D eigenvalue weighted by Gasteiger charge is -2.24. The zero-order valence-corrected chi connectivity index (χ0v) is 11.0. The van der Waals surface area contributed by atoms with Gasteiger partial charge < -0.3 is 9.80 Å². The smallest absolute Gasteiger partial charge is 0.320 e. The van der Waals surface area contributed by atoms with Crippen molar-refractivity contribution >= 4 is 6.03 Å². The maximum absolute atomic E-state index is 12.0. The highest BCUT2D eigenvalue weighted by molar-refractivity contribution is 5.76. The number of hydrogen-bond acceptors (Lipinski definition) is 1. The van der Waals surface area contributed by atoms with Gasteiger partial charge in [0.25, 0.3) is 0 Å². The molecule has 0 aliphatic carbocycles. The minimum atomic E-state index is 0.255. The summed E-state index contributed by atoms with van der Waals surface area (Å²) in [4.78, 5) is 16.1. The van der Waals surface area contributed by atoms with Crippen LogP contribution in [0.5, 0.6) is 0 Å². The number of carbonyl (C=O) groups excluding carboxylic acids is 1. The summed E-state index contributed by atoms with van der Waals surface area (Å²) in [5, 5.41) is 0. The van der Waals surface area contributed by atoms with Gasteiger partial charge in [0.2, 0.25) is 0 Å². The maximum atomic E-state index is 12.0. The Balaban J connectivity index is 2.34. The summed E-state index contributed by atoms with van der Waals surface area (Å²) in [5.74, 6) is 0. The molecule has 3 heteroatoms. The lowest BCUT2D eigenvalue weighted by Crippen LogP contribution is -2.37. The van der Waals surface area contributed by atoms with E-state index < -0.39 is 0 Å². The number of amides is 2. The van der Waals surface area contributed by atoms with Crippen LogP contribution in [0.4, 0.5) is 4.79 Å². The van der Waals surface area contributed by atoms with Gasteiger partial charge in [-0.25, -0.2) is 4.79 Å². The zero-order valence-electron chi connectivity index (χ0n) is 11.0. The molecule has 0 aromatic rings. The van der Waals surface area contributed by atoms with Gasteiger partial charge >= 0.3 is 6.03 Å². The Hall–Kier alpha value is -0.730. The molecular weight excluding hydrogens is 200 g/mol. The Morgan fingerprint density at radius 2 is 1.94 bits per heavy atom. The lowest BCUT2D eigenvalue weighted by molar-refractivity contribution is 0.177. The summed E-state index contributed by atoms with van der Waals surface area (Å²) in [6.07, 6.45) is 5.99. The van der Waals surface area contributed by atoms with E-state index >= 15 is 0 Å². The molecule has 1 saturated heterocycles. The van der Waals surface area contributed by atoms with Crippen LogP contribution in [-0.2, 0) is 0 Å². The standard InChI is InChI=1S/C13H26N2O/c1-4-6-7-8-12(3)15-11-10-14(9-5-2)13(15)16/h12H,4-11H2,1-3H3. The topological polar surface area (TPSA) is 23.6 Å². The van der Waals surface area contributed by atoms with E-state index in [-0.39, 0.29) is 6.03 Å². The maximum Gasteiger partial charge on any atom is 0.320 e. The molecule has 0 radical (unpaired) electrons. The van der Waals surface area contributed by atoms with Crippen LogP contribution >= 0.6 is 0 Å². The van der Waals surface area contributed by atoms with Gasteiger partial charge in [-0.2, -0.15) is 0 Å². The molecule has 0 spiro atoms. The molecule has 1 aliphatic rings. The van der Waals surface area contributed by atoms with Crippen LogP contribution in [0.1, 0.15) is 52.9 Å². The molecule has 1 atom stereocenters. The monoisotopic (exact) mass is 226 g/mol. The van der Waals surface area contributed by atoms with E-state index in [0.717, 1.165) is 32.5 Å². The Morgan fingerprint density at radius 3 is 2.56 bits per heavy atom. The second-order valence-corrected chi connectivity index (χ2v) is 4.81. The van der Waals surface area contributed by atoms with Crippen molar-refractivity contribution in [2.45, 2.75) is 58.9 Å². The first-order chi connectivity index (χ1) is 7.70. The van der Waals surface area contributed by atoms with Gasteiger partial charge in [-0.1, -0.05) is 33.1 Å².